The van der Waals surface area contributed by atoms with Gasteiger partial charge in [0.05, 0.1) is 19.1 Å². The van der Waals surface area contributed by atoms with Crippen molar-refractivity contribution in [2.75, 3.05) is 7.11 Å². The highest BCUT2D eigenvalue weighted by atomic mass is 16.5. The Hall–Kier alpha value is -4.19. The number of amidine groups is 1. The lowest BCUT2D eigenvalue weighted by Crippen LogP contribution is -2.43. The summed E-state index contributed by atoms with van der Waals surface area (Å²) in [4.78, 5) is 26.0. The molecule has 0 saturated carbocycles. The zero-order valence-corrected chi connectivity index (χ0v) is 19.3. The van der Waals surface area contributed by atoms with Crippen molar-refractivity contribution < 1.29 is 14.3 Å². The third-order valence-corrected chi connectivity index (χ3v) is 5.50. The van der Waals surface area contributed by atoms with E-state index in [9.17, 15) is 9.59 Å². The lowest BCUT2D eigenvalue weighted by molar-refractivity contribution is -0.145. The van der Waals surface area contributed by atoms with E-state index < -0.39 is 17.9 Å². The molecule has 3 aromatic carbocycles. The van der Waals surface area contributed by atoms with E-state index in [1.165, 1.54) is 7.11 Å². The molecule has 0 unspecified atom stereocenters. The highest BCUT2D eigenvalue weighted by Gasteiger charge is 2.29. The quantitative estimate of drug-likeness (QED) is 0.256. The van der Waals surface area contributed by atoms with Crippen LogP contribution in [0.4, 0.5) is 0 Å². The highest BCUT2D eigenvalue weighted by Crippen LogP contribution is 2.19. The number of hydrogen-bond acceptors (Lipinski definition) is 4. The monoisotopic (exact) mass is 455 g/mol. The molecule has 0 aromatic heterocycles. The summed E-state index contributed by atoms with van der Waals surface area (Å²) in [5.74, 6) is -1.47. The van der Waals surface area contributed by atoms with Crippen molar-refractivity contribution >= 4 is 23.8 Å². The average Bonchev–Trinajstić information content (AvgIpc) is 2.85. The van der Waals surface area contributed by atoms with Crippen LogP contribution in [0.1, 0.15) is 32.6 Å². The molecule has 0 heterocycles. The number of rotatable bonds is 9. The summed E-state index contributed by atoms with van der Waals surface area (Å²) in [6.45, 7) is 1.92. The predicted octanol–water partition coefficient (Wildman–Crippen LogP) is 4.12. The number of ether oxygens (including phenoxy) is 1. The third kappa shape index (κ3) is 6.65. The lowest BCUT2D eigenvalue weighted by atomic mass is 9.90. The van der Waals surface area contributed by atoms with E-state index in [2.05, 4.69) is 5.32 Å². The Bertz CT molecular complexity index is 1190. The molecular formula is C28H29N3O3. The topological polar surface area (TPSA) is 105 Å². The number of esters is 1. The fourth-order valence-corrected chi connectivity index (χ4v) is 3.71. The van der Waals surface area contributed by atoms with Crippen molar-refractivity contribution in [1.29, 1.82) is 5.41 Å². The van der Waals surface area contributed by atoms with Crippen LogP contribution in [-0.2, 0) is 16.0 Å². The first kappa shape index (κ1) is 24.5. The van der Waals surface area contributed by atoms with E-state index in [0.29, 0.717) is 17.5 Å². The summed E-state index contributed by atoms with van der Waals surface area (Å²) in [5.41, 5.74) is 9.44. The molecular weight excluding hydrogens is 426 g/mol. The molecule has 3 rings (SSSR count). The summed E-state index contributed by atoms with van der Waals surface area (Å²) >= 11 is 0. The number of benzene rings is 3. The van der Waals surface area contributed by atoms with Gasteiger partial charge in [-0.2, -0.15) is 0 Å². The Balaban J connectivity index is 1.96. The molecule has 0 fully saturated rings. The first-order valence-electron chi connectivity index (χ1n) is 11.0. The standard InChI is InChI=1S/C28H29N3O3/c1-19-8-6-13-23(16-19)27(32)31-25(15-14-20-9-4-3-5-10-20)24(28(33)34-2)18-21-11-7-12-22(17-21)26(29)30/h3-17,24-25H,18H2,1-2H3,(H3,29,30)(H,31,32)/b15-14+/t24-,25-/m0/s1. The Kier molecular flexibility index (Phi) is 8.35. The summed E-state index contributed by atoms with van der Waals surface area (Å²) in [5, 5.41) is 10.7. The van der Waals surface area contributed by atoms with Crippen LogP contribution in [0.5, 0.6) is 0 Å². The van der Waals surface area contributed by atoms with E-state index in [1.54, 1.807) is 30.3 Å². The zero-order valence-electron chi connectivity index (χ0n) is 19.3. The average molecular weight is 456 g/mol. The van der Waals surface area contributed by atoms with Gasteiger partial charge < -0.3 is 15.8 Å². The number of methoxy groups -OCH3 is 1. The van der Waals surface area contributed by atoms with Crippen molar-refractivity contribution in [2.24, 2.45) is 11.7 Å². The van der Waals surface area contributed by atoms with Crippen molar-refractivity contribution in [3.05, 3.63) is 113 Å². The summed E-state index contributed by atoms with van der Waals surface area (Å²) < 4.78 is 5.11. The van der Waals surface area contributed by atoms with Gasteiger partial charge in [0, 0.05) is 11.1 Å². The van der Waals surface area contributed by atoms with Crippen molar-refractivity contribution in [3.8, 4) is 0 Å². The second kappa shape index (κ2) is 11.6. The second-order valence-electron chi connectivity index (χ2n) is 8.09. The number of nitrogens with one attached hydrogen (secondary N) is 2. The van der Waals surface area contributed by atoms with Crippen LogP contribution >= 0.6 is 0 Å². The maximum Gasteiger partial charge on any atom is 0.311 e. The van der Waals surface area contributed by atoms with Gasteiger partial charge in [-0.05, 0) is 42.7 Å². The van der Waals surface area contributed by atoms with Gasteiger partial charge in [0.15, 0.2) is 0 Å². The number of nitrogen functional groups attached to an aromatic ring is 1. The van der Waals surface area contributed by atoms with Crippen molar-refractivity contribution in [2.45, 2.75) is 19.4 Å². The first-order chi connectivity index (χ1) is 16.4. The van der Waals surface area contributed by atoms with Gasteiger partial charge in [-0.25, -0.2) is 0 Å². The van der Waals surface area contributed by atoms with Crippen LogP contribution in [0, 0.1) is 18.3 Å². The van der Waals surface area contributed by atoms with Gasteiger partial charge in [-0.1, -0.05) is 78.4 Å². The number of carbonyl (C=O) groups is 2. The zero-order chi connectivity index (χ0) is 24.5. The van der Waals surface area contributed by atoms with Gasteiger partial charge in [0.2, 0.25) is 0 Å². The Morgan fingerprint density at radius 3 is 2.38 bits per heavy atom. The third-order valence-electron chi connectivity index (χ3n) is 5.50. The van der Waals surface area contributed by atoms with Crippen LogP contribution < -0.4 is 11.1 Å². The van der Waals surface area contributed by atoms with Crippen LogP contribution in [0.15, 0.2) is 84.9 Å². The first-order valence-corrected chi connectivity index (χ1v) is 11.0. The maximum atomic E-state index is 13.1. The molecule has 0 spiro atoms. The Morgan fingerprint density at radius 2 is 1.71 bits per heavy atom. The number of amides is 1. The van der Waals surface area contributed by atoms with E-state index in [-0.39, 0.29) is 11.7 Å². The van der Waals surface area contributed by atoms with E-state index in [1.807, 2.05) is 67.6 Å². The van der Waals surface area contributed by atoms with E-state index >= 15 is 0 Å². The molecule has 6 heteroatoms. The highest BCUT2D eigenvalue weighted by molar-refractivity contribution is 5.95. The SMILES string of the molecule is COC(=O)[C@@H](Cc1cccc(C(=N)N)c1)[C@H](/C=C/c1ccccc1)NC(=O)c1cccc(C)c1. The molecule has 0 aliphatic heterocycles. The largest absolute Gasteiger partial charge is 0.469 e. The smallest absolute Gasteiger partial charge is 0.311 e. The molecule has 0 aliphatic carbocycles. The fourth-order valence-electron chi connectivity index (χ4n) is 3.71. The van der Waals surface area contributed by atoms with Crippen LogP contribution in [-0.4, -0.2) is 30.9 Å². The molecule has 0 bridgehead atoms. The molecule has 4 N–H and O–H groups in total. The molecule has 0 aliphatic rings. The van der Waals surface area contributed by atoms with Gasteiger partial charge in [0.1, 0.15) is 5.84 Å². The second-order valence-corrected chi connectivity index (χ2v) is 8.09. The van der Waals surface area contributed by atoms with Crippen molar-refractivity contribution in [1.82, 2.24) is 5.32 Å². The van der Waals surface area contributed by atoms with Gasteiger partial charge in [0.25, 0.3) is 5.91 Å². The minimum absolute atomic E-state index is 0.0512. The number of carbonyl (C=O) groups excluding carboxylic acids is 2. The van der Waals surface area contributed by atoms with Gasteiger partial charge in [-0.3, -0.25) is 15.0 Å². The predicted molar refractivity (Wildman–Crippen MR) is 135 cm³/mol. The molecule has 1 amide bonds. The van der Waals surface area contributed by atoms with E-state index in [0.717, 1.165) is 16.7 Å². The minimum atomic E-state index is -0.694. The molecule has 0 saturated heterocycles. The molecule has 0 radical (unpaired) electrons. The van der Waals surface area contributed by atoms with E-state index in [4.69, 9.17) is 15.9 Å². The number of aryl methyl sites for hydroxylation is 1. The number of nitrogens with two attached hydrogens (primary N) is 1. The minimum Gasteiger partial charge on any atom is -0.469 e. The lowest BCUT2D eigenvalue weighted by Gasteiger charge is -2.24. The Morgan fingerprint density at radius 1 is 1.00 bits per heavy atom. The molecule has 3 aromatic rings. The molecule has 2 atom stereocenters. The summed E-state index contributed by atoms with van der Waals surface area (Å²) in [7, 11) is 1.33. The molecule has 174 valence electrons. The van der Waals surface area contributed by atoms with Crippen LogP contribution in [0.3, 0.4) is 0 Å². The van der Waals surface area contributed by atoms with Gasteiger partial charge in [-0.15, -0.1) is 0 Å². The van der Waals surface area contributed by atoms with Crippen molar-refractivity contribution in [3.63, 3.8) is 0 Å². The number of hydrogen-bond donors (Lipinski definition) is 3. The summed E-state index contributed by atoms with van der Waals surface area (Å²) in [6.07, 6.45) is 3.99. The van der Waals surface area contributed by atoms with Crippen LogP contribution in [0.2, 0.25) is 0 Å². The van der Waals surface area contributed by atoms with Gasteiger partial charge >= 0.3 is 5.97 Å². The normalized spacial score (nSPS) is 12.6. The Labute approximate surface area is 200 Å². The van der Waals surface area contributed by atoms with Crippen LogP contribution in [0.25, 0.3) is 6.08 Å². The summed E-state index contributed by atoms with van der Waals surface area (Å²) in [6, 6.07) is 23.5. The molecule has 6 nitrogen and oxygen atoms in total. The molecule has 34 heavy (non-hydrogen) atoms. The maximum absolute atomic E-state index is 13.1. The fraction of sp³-hybridized carbons (Fsp3) is 0.179.